The SMILES string of the molecule is CCC(O)(COC)Cc1ccc(C(F)(F)F)cc1. The van der Waals surface area contributed by atoms with Gasteiger partial charge in [-0.3, -0.25) is 0 Å². The molecule has 5 heteroatoms. The molecule has 1 N–H and O–H groups in total. The molecule has 0 saturated carbocycles. The van der Waals surface area contributed by atoms with Crippen LogP contribution in [0.3, 0.4) is 0 Å². The third-order valence-corrected chi connectivity index (χ3v) is 2.89. The zero-order valence-corrected chi connectivity index (χ0v) is 10.4. The van der Waals surface area contributed by atoms with Gasteiger partial charge in [-0.05, 0) is 24.1 Å². The van der Waals surface area contributed by atoms with Gasteiger partial charge in [-0.2, -0.15) is 13.2 Å². The van der Waals surface area contributed by atoms with Gasteiger partial charge in [0, 0.05) is 13.5 Å². The Kier molecular flexibility index (Phi) is 4.76. The second-order valence-corrected chi connectivity index (χ2v) is 4.38. The van der Waals surface area contributed by atoms with E-state index in [0.717, 1.165) is 12.1 Å². The number of methoxy groups -OCH3 is 1. The van der Waals surface area contributed by atoms with E-state index in [-0.39, 0.29) is 13.0 Å². The van der Waals surface area contributed by atoms with Crippen molar-refractivity contribution in [2.24, 2.45) is 0 Å². The summed E-state index contributed by atoms with van der Waals surface area (Å²) in [5.41, 5.74) is -1.06. The Labute approximate surface area is 104 Å². The minimum absolute atomic E-state index is 0.157. The van der Waals surface area contributed by atoms with Gasteiger partial charge in [0.15, 0.2) is 0 Å². The number of halogens is 3. The van der Waals surface area contributed by atoms with Crippen molar-refractivity contribution < 1.29 is 23.0 Å². The first-order chi connectivity index (χ1) is 8.30. The van der Waals surface area contributed by atoms with Gasteiger partial charge in [-0.1, -0.05) is 19.1 Å². The molecular formula is C13H17F3O2. The van der Waals surface area contributed by atoms with Gasteiger partial charge in [0.05, 0.1) is 17.8 Å². The average molecular weight is 262 g/mol. The molecule has 1 atom stereocenters. The highest BCUT2D eigenvalue weighted by Crippen LogP contribution is 2.29. The summed E-state index contributed by atoms with van der Waals surface area (Å²) >= 11 is 0. The summed E-state index contributed by atoms with van der Waals surface area (Å²) in [6.07, 6.45) is -3.58. The molecule has 0 amide bonds. The molecule has 0 bridgehead atoms. The number of hydrogen-bond donors (Lipinski definition) is 1. The molecule has 0 aliphatic rings. The Balaban J connectivity index is 2.80. The Bertz CT molecular complexity index is 373. The second-order valence-electron chi connectivity index (χ2n) is 4.38. The van der Waals surface area contributed by atoms with Crippen molar-refractivity contribution in [2.75, 3.05) is 13.7 Å². The van der Waals surface area contributed by atoms with Crippen LogP contribution in [0.4, 0.5) is 13.2 Å². The minimum atomic E-state index is -4.33. The number of hydrogen-bond acceptors (Lipinski definition) is 2. The molecule has 1 rings (SSSR count). The van der Waals surface area contributed by atoms with Gasteiger partial charge in [0.1, 0.15) is 0 Å². The second kappa shape index (κ2) is 5.71. The van der Waals surface area contributed by atoms with E-state index < -0.39 is 17.3 Å². The van der Waals surface area contributed by atoms with Crippen molar-refractivity contribution in [3.63, 3.8) is 0 Å². The molecule has 0 aliphatic heterocycles. The van der Waals surface area contributed by atoms with Crippen LogP contribution in [-0.4, -0.2) is 24.4 Å². The molecule has 0 fully saturated rings. The van der Waals surface area contributed by atoms with Gasteiger partial charge in [-0.25, -0.2) is 0 Å². The first-order valence-corrected chi connectivity index (χ1v) is 5.68. The molecule has 0 spiro atoms. The number of ether oxygens (including phenoxy) is 1. The van der Waals surface area contributed by atoms with E-state index in [1.165, 1.54) is 19.2 Å². The van der Waals surface area contributed by atoms with Crippen LogP contribution in [0, 0.1) is 0 Å². The van der Waals surface area contributed by atoms with Crippen LogP contribution >= 0.6 is 0 Å². The molecule has 0 aliphatic carbocycles. The molecule has 2 nitrogen and oxygen atoms in total. The third kappa shape index (κ3) is 3.99. The topological polar surface area (TPSA) is 29.5 Å². The maximum atomic E-state index is 12.4. The van der Waals surface area contributed by atoms with E-state index >= 15 is 0 Å². The van der Waals surface area contributed by atoms with Crippen molar-refractivity contribution in [2.45, 2.75) is 31.5 Å². The van der Waals surface area contributed by atoms with Crippen LogP contribution in [0.25, 0.3) is 0 Å². The monoisotopic (exact) mass is 262 g/mol. The van der Waals surface area contributed by atoms with Crippen molar-refractivity contribution in [3.8, 4) is 0 Å². The molecule has 18 heavy (non-hydrogen) atoms. The van der Waals surface area contributed by atoms with E-state index in [1.54, 1.807) is 0 Å². The summed E-state index contributed by atoms with van der Waals surface area (Å²) in [5, 5.41) is 10.2. The van der Waals surface area contributed by atoms with Crippen LogP contribution < -0.4 is 0 Å². The Morgan fingerprint density at radius 1 is 1.17 bits per heavy atom. The summed E-state index contributed by atoms with van der Waals surface area (Å²) in [5.74, 6) is 0. The largest absolute Gasteiger partial charge is 0.416 e. The third-order valence-electron chi connectivity index (χ3n) is 2.89. The summed E-state index contributed by atoms with van der Waals surface area (Å²) in [6.45, 7) is 1.97. The first kappa shape index (κ1) is 15.0. The van der Waals surface area contributed by atoms with Crippen LogP contribution in [0.2, 0.25) is 0 Å². The molecule has 0 aromatic heterocycles. The standard InChI is InChI=1S/C13H17F3O2/c1-3-12(17,9-18-2)8-10-4-6-11(7-5-10)13(14,15)16/h4-7,17H,3,8-9H2,1-2H3. The predicted octanol–water partition coefficient (Wildman–Crippen LogP) is 3.04. The highest BCUT2D eigenvalue weighted by Gasteiger charge is 2.30. The van der Waals surface area contributed by atoms with E-state index in [9.17, 15) is 18.3 Å². The van der Waals surface area contributed by atoms with E-state index in [1.807, 2.05) is 6.92 Å². The highest BCUT2D eigenvalue weighted by molar-refractivity contribution is 5.25. The van der Waals surface area contributed by atoms with E-state index in [4.69, 9.17) is 4.74 Å². The van der Waals surface area contributed by atoms with Crippen molar-refractivity contribution >= 4 is 0 Å². The van der Waals surface area contributed by atoms with Gasteiger partial charge >= 0.3 is 6.18 Å². The maximum absolute atomic E-state index is 12.4. The molecular weight excluding hydrogens is 245 g/mol. The first-order valence-electron chi connectivity index (χ1n) is 5.68. The van der Waals surface area contributed by atoms with Crippen molar-refractivity contribution in [3.05, 3.63) is 35.4 Å². The summed E-state index contributed by atoms with van der Waals surface area (Å²) in [6, 6.07) is 4.83. The molecule has 1 aromatic carbocycles. The van der Waals surface area contributed by atoms with E-state index in [0.29, 0.717) is 12.0 Å². The van der Waals surface area contributed by atoms with Crippen LogP contribution in [0.15, 0.2) is 24.3 Å². The molecule has 0 radical (unpaired) electrons. The number of benzene rings is 1. The summed E-state index contributed by atoms with van der Waals surface area (Å²) in [4.78, 5) is 0. The zero-order valence-electron chi connectivity index (χ0n) is 10.4. The Hall–Kier alpha value is -1.07. The summed E-state index contributed by atoms with van der Waals surface area (Å²) < 4.78 is 42.0. The molecule has 102 valence electrons. The Morgan fingerprint density at radius 2 is 1.72 bits per heavy atom. The molecule has 0 heterocycles. The fourth-order valence-corrected chi connectivity index (χ4v) is 1.74. The van der Waals surface area contributed by atoms with E-state index in [2.05, 4.69) is 0 Å². The van der Waals surface area contributed by atoms with Crippen molar-refractivity contribution in [1.82, 2.24) is 0 Å². The normalized spacial score (nSPS) is 15.4. The van der Waals surface area contributed by atoms with Gasteiger partial charge in [0.2, 0.25) is 0 Å². The Morgan fingerprint density at radius 3 is 2.11 bits per heavy atom. The average Bonchev–Trinajstić information content (AvgIpc) is 2.29. The lowest BCUT2D eigenvalue weighted by Crippen LogP contribution is -2.35. The highest BCUT2D eigenvalue weighted by atomic mass is 19.4. The number of alkyl halides is 3. The molecule has 1 aromatic rings. The van der Waals surface area contributed by atoms with Gasteiger partial charge in [0.25, 0.3) is 0 Å². The zero-order chi connectivity index (χ0) is 13.8. The predicted molar refractivity (Wildman–Crippen MR) is 62.3 cm³/mol. The lowest BCUT2D eigenvalue weighted by atomic mass is 9.92. The van der Waals surface area contributed by atoms with Gasteiger partial charge < -0.3 is 9.84 Å². The smallest absolute Gasteiger partial charge is 0.387 e. The fourth-order valence-electron chi connectivity index (χ4n) is 1.74. The minimum Gasteiger partial charge on any atom is -0.387 e. The van der Waals surface area contributed by atoms with Crippen molar-refractivity contribution in [1.29, 1.82) is 0 Å². The lowest BCUT2D eigenvalue weighted by molar-refractivity contribution is -0.137. The lowest BCUT2D eigenvalue weighted by Gasteiger charge is -2.26. The number of aliphatic hydroxyl groups is 1. The van der Waals surface area contributed by atoms with Crippen LogP contribution in [-0.2, 0) is 17.3 Å². The fraction of sp³-hybridized carbons (Fsp3) is 0.538. The maximum Gasteiger partial charge on any atom is 0.416 e. The van der Waals surface area contributed by atoms with Crippen LogP contribution in [0.5, 0.6) is 0 Å². The molecule has 1 unspecified atom stereocenters. The molecule has 0 saturated heterocycles. The number of rotatable bonds is 5. The van der Waals surface area contributed by atoms with Crippen LogP contribution in [0.1, 0.15) is 24.5 Å². The quantitative estimate of drug-likeness (QED) is 0.883. The van der Waals surface area contributed by atoms with Gasteiger partial charge in [-0.15, -0.1) is 0 Å². The summed E-state index contributed by atoms with van der Waals surface area (Å²) in [7, 11) is 1.48.